The molecule has 0 aliphatic carbocycles. The highest BCUT2D eigenvalue weighted by molar-refractivity contribution is 7.48. The van der Waals surface area contributed by atoms with Gasteiger partial charge in [0.15, 0.2) is 17.4 Å². The fraction of sp³-hybridized carbons (Fsp3) is 0.143. The Hall–Kier alpha value is -0.0575. The van der Waals surface area contributed by atoms with E-state index >= 15 is 0 Å². The van der Waals surface area contributed by atoms with Crippen LogP contribution in [0.15, 0.2) is 30.3 Å². The molecule has 0 N–H and O–H groups in total. The second kappa shape index (κ2) is 5.57. The van der Waals surface area contributed by atoms with Crippen LogP contribution in [0.2, 0.25) is 0 Å². The fourth-order valence-corrected chi connectivity index (χ4v) is 1.39. The highest BCUT2D eigenvalue weighted by Crippen LogP contribution is 2.18. The first-order valence-electron chi connectivity index (χ1n) is 2.98. The van der Waals surface area contributed by atoms with Crippen LogP contribution in [0, 0.1) is 0 Å². The number of benzene rings is 1. The summed E-state index contributed by atoms with van der Waals surface area (Å²) in [5, 5.41) is 0.773. The molecule has 1 aromatic carbocycles. The summed E-state index contributed by atoms with van der Waals surface area (Å²) in [5.74, 6) is 0. The Labute approximate surface area is 77.6 Å². The third-order valence-corrected chi connectivity index (χ3v) is 2.37. The molecule has 1 unspecified atom stereocenters. The van der Waals surface area contributed by atoms with Crippen LogP contribution in [0.4, 0.5) is 0 Å². The molecular weight excluding hydrogens is 174 g/mol. The van der Waals surface area contributed by atoms with E-state index in [1.54, 1.807) is 12.1 Å². The van der Waals surface area contributed by atoms with Crippen molar-refractivity contribution in [2.24, 2.45) is 0 Å². The number of hydrogen-bond acceptors (Lipinski definition) is 2. The molecule has 0 fully saturated rings. The summed E-state index contributed by atoms with van der Waals surface area (Å²) in [5.41, 5.74) is 0. The van der Waals surface area contributed by atoms with Gasteiger partial charge in [0.1, 0.15) is 0 Å². The molecule has 60 valence electrons. The van der Waals surface area contributed by atoms with E-state index < -0.39 is 8.03 Å². The van der Waals surface area contributed by atoms with Crippen LogP contribution in [0.1, 0.15) is 0 Å². The summed E-state index contributed by atoms with van der Waals surface area (Å²) in [7, 11) is -0.504. The highest BCUT2D eigenvalue weighted by atomic mass is 31.1. The number of rotatable bonds is 2. The van der Waals surface area contributed by atoms with Crippen LogP contribution in [-0.4, -0.2) is 24.5 Å². The van der Waals surface area contributed by atoms with Gasteiger partial charge in [-0.25, -0.2) is 0 Å². The Morgan fingerprint density at radius 1 is 1.27 bits per heavy atom. The summed E-state index contributed by atoms with van der Waals surface area (Å²) >= 11 is 0. The van der Waals surface area contributed by atoms with Crippen LogP contribution in [0.5, 0.6) is 0 Å². The molecule has 0 amide bonds. The molecule has 0 aliphatic heterocycles. The van der Waals surface area contributed by atoms with Gasteiger partial charge in [0.25, 0.3) is 0 Å². The Bertz CT molecular complexity index is 225. The topological polar surface area (TPSA) is 26.3 Å². The van der Waals surface area contributed by atoms with Crippen molar-refractivity contribution in [1.29, 1.82) is 0 Å². The highest BCUT2D eigenvalue weighted by Gasteiger charge is 1.97. The first-order valence-corrected chi connectivity index (χ1v) is 4.29. The average Bonchev–Trinajstić information content (AvgIpc) is 2.05. The maximum Gasteiger partial charge on any atom is 0.220 e. The predicted molar refractivity (Wildman–Crippen MR) is 52.0 cm³/mol. The van der Waals surface area contributed by atoms with Crippen molar-refractivity contribution in [3.8, 4) is 0 Å². The van der Waals surface area contributed by atoms with Gasteiger partial charge in [-0.2, -0.15) is 0 Å². The lowest BCUT2D eigenvalue weighted by Gasteiger charge is -1.96. The SMILES string of the molecule is CO[PH](=O)c1ccccc1.[AlH3]. The Morgan fingerprint density at radius 3 is 2.27 bits per heavy atom. The molecule has 0 bridgehead atoms. The van der Waals surface area contributed by atoms with Gasteiger partial charge >= 0.3 is 0 Å². The van der Waals surface area contributed by atoms with E-state index in [0.717, 1.165) is 5.30 Å². The van der Waals surface area contributed by atoms with Crippen LogP contribution >= 0.6 is 8.03 Å². The van der Waals surface area contributed by atoms with Gasteiger partial charge in [0.05, 0.1) is 0 Å². The standard InChI is InChI=1S/C7H9O2P.Al.3H/c1-9-10(8)7-5-3-2-4-6-7;;;;/h2-6,10H,1H3;;;;. The Balaban J connectivity index is 0.000001000. The summed E-state index contributed by atoms with van der Waals surface area (Å²) in [6, 6.07) is 9.16. The maximum atomic E-state index is 11.0. The molecule has 0 saturated carbocycles. The lowest BCUT2D eigenvalue weighted by atomic mass is 10.4. The minimum absolute atomic E-state index is 0. The Morgan fingerprint density at radius 2 is 1.82 bits per heavy atom. The van der Waals surface area contributed by atoms with E-state index in [1.165, 1.54) is 7.11 Å². The second-order valence-corrected chi connectivity index (χ2v) is 3.42. The smallest absolute Gasteiger partial charge is 0.220 e. The minimum atomic E-state index is -1.96. The molecule has 11 heavy (non-hydrogen) atoms. The third kappa shape index (κ3) is 3.23. The average molecular weight is 186 g/mol. The van der Waals surface area contributed by atoms with Crippen molar-refractivity contribution in [2.45, 2.75) is 0 Å². The summed E-state index contributed by atoms with van der Waals surface area (Å²) in [6.45, 7) is 0. The summed E-state index contributed by atoms with van der Waals surface area (Å²) in [4.78, 5) is 0. The normalized spacial score (nSPS) is 11.7. The molecule has 0 spiro atoms. The van der Waals surface area contributed by atoms with Crippen LogP contribution < -0.4 is 5.30 Å². The zero-order valence-electron chi connectivity index (χ0n) is 5.70. The largest absolute Gasteiger partial charge is 0.331 e. The summed E-state index contributed by atoms with van der Waals surface area (Å²) < 4.78 is 15.7. The Kier molecular flexibility index (Phi) is 5.55. The minimum Gasteiger partial charge on any atom is -0.331 e. The molecule has 0 heterocycles. The quantitative estimate of drug-likeness (QED) is 0.488. The predicted octanol–water partition coefficient (Wildman–Crippen LogP) is 0.249. The van der Waals surface area contributed by atoms with Gasteiger partial charge in [-0.05, 0) is 12.1 Å². The van der Waals surface area contributed by atoms with Crippen LogP contribution in [0.25, 0.3) is 0 Å². The molecule has 1 atom stereocenters. The van der Waals surface area contributed by atoms with Gasteiger partial charge in [0.2, 0.25) is 8.03 Å². The zero-order valence-corrected chi connectivity index (χ0v) is 6.70. The van der Waals surface area contributed by atoms with Gasteiger partial charge in [0, 0.05) is 12.4 Å². The maximum absolute atomic E-state index is 11.0. The van der Waals surface area contributed by atoms with Crippen LogP contribution in [0.3, 0.4) is 0 Å². The van der Waals surface area contributed by atoms with E-state index in [4.69, 9.17) is 0 Å². The van der Waals surface area contributed by atoms with E-state index in [0.29, 0.717) is 0 Å². The molecule has 4 heteroatoms. The van der Waals surface area contributed by atoms with Crippen molar-refractivity contribution in [2.75, 3.05) is 7.11 Å². The monoisotopic (exact) mass is 186 g/mol. The molecule has 1 aromatic rings. The molecule has 0 saturated heterocycles. The first-order chi connectivity index (χ1) is 4.84. The number of hydrogen-bond donors (Lipinski definition) is 0. The second-order valence-electron chi connectivity index (χ2n) is 1.86. The van der Waals surface area contributed by atoms with Gasteiger partial charge in [-0.3, -0.25) is 4.57 Å². The molecule has 2 nitrogen and oxygen atoms in total. The molecular formula is C7H12AlO2P. The van der Waals surface area contributed by atoms with E-state index in [1.807, 2.05) is 18.2 Å². The van der Waals surface area contributed by atoms with Crippen molar-refractivity contribution in [3.05, 3.63) is 30.3 Å². The lowest BCUT2D eigenvalue weighted by Crippen LogP contribution is -1.93. The fourth-order valence-electron chi connectivity index (χ4n) is 0.692. The van der Waals surface area contributed by atoms with Gasteiger partial charge in [-0.1, -0.05) is 18.2 Å². The van der Waals surface area contributed by atoms with Crippen molar-refractivity contribution < 1.29 is 9.09 Å². The van der Waals surface area contributed by atoms with E-state index in [-0.39, 0.29) is 17.4 Å². The van der Waals surface area contributed by atoms with Gasteiger partial charge in [-0.15, -0.1) is 0 Å². The van der Waals surface area contributed by atoms with Crippen molar-refractivity contribution in [1.82, 2.24) is 0 Å². The van der Waals surface area contributed by atoms with Crippen molar-refractivity contribution in [3.63, 3.8) is 0 Å². The van der Waals surface area contributed by atoms with Crippen molar-refractivity contribution >= 4 is 30.7 Å². The summed E-state index contributed by atoms with van der Waals surface area (Å²) in [6.07, 6.45) is 0. The zero-order chi connectivity index (χ0) is 7.40. The molecule has 0 aromatic heterocycles. The third-order valence-electron chi connectivity index (χ3n) is 1.19. The van der Waals surface area contributed by atoms with E-state index in [9.17, 15) is 4.57 Å². The van der Waals surface area contributed by atoms with Crippen LogP contribution in [-0.2, 0) is 9.09 Å². The molecule has 0 radical (unpaired) electrons. The molecule has 0 aliphatic rings. The van der Waals surface area contributed by atoms with E-state index in [2.05, 4.69) is 4.52 Å². The lowest BCUT2D eigenvalue weighted by molar-refractivity contribution is 0.423. The van der Waals surface area contributed by atoms with Gasteiger partial charge < -0.3 is 4.52 Å². The first kappa shape index (κ1) is 10.9. The molecule has 1 rings (SSSR count).